The molecule has 1 aliphatic rings. The molecule has 4 rings (SSSR count). The van der Waals surface area contributed by atoms with Gasteiger partial charge >= 0.3 is 0 Å². The van der Waals surface area contributed by atoms with E-state index in [2.05, 4.69) is 0 Å². The minimum atomic E-state index is -0.315. The second-order valence-corrected chi connectivity index (χ2v) is 7.78. The average Bonchev–Trinajstić information content (AvgIpc) is 2.86. The van der Waals surface area contributed by atoms with Crippen LogP contribution in [-0.2, 0) is 6.42 Å². The van der Waals surface area contributed by atoms with Crippen LogP contribution in [0.5, 0.6) is 23.0 Å². The van der Waals surface area contributed by atoms with Crippen molar-refractivity contribution in [3.05, 3.63) is 77.4 Å². The number of nitrogens with zero attached hydrogens (tertiary/aromatic N) is 1. The summed E-state index contributed by atoms with van der Waals surface area (Å²) in [5, 5.41) is 0. The fourth-order valence-electron chi connectivity index (χ4n) is 4.14. The Morgan fingerprint density at radius 2 is 1.64 bits per heavy atom. The smallest absolute Gasteiger partial charge is 0.254 e. The Kier molecular flexibility index (Phi) is 6.58. The molecule has 2 N–H and O–H groups in total. The van der Waals surface area contributed by atoms with Gasteiger partial charge in [0.15, 0.2) is 11.5 Å². The van der Waals surface area contributed by atoms with Crippen molar-refractivity contribution in [1.82, 2.24) is 4.90 Å². The van der Waals surface area contributed by atoms with Crippen LogP contribution in [0.4, 0.5) is 5.69 Å². The molecule has 1 amide bonds. The van der Waals surface area contributed by atoms with Crippen molar-refractivity contribution in [3.63, 3.8) is 0 Å². The van der Waals surface area contributed by atoms with Crippen LogP contribution in [0.25, 0.3) is 0 Å². The monoisotopic (exact) mass is 448 g/mol. The highest BCUT2D eigenvalue weighted by molar-refractivity contribution is 5.95. The lowest BCUT2D eigenvalue weighted by Crippen LogP contribution is -2.42. The average molecular weight is 449 g/mol. The minimum absolute atomic E-state index is 0.0916. The Balaban J connectivity index is 1.69. The zero-order chi connectivity index (χ0) is 23.4. The Hall–Kier alpha value is -3.87. The molecule has 7 heteroatoms. The molecule has 0 aliphatic carbocycles. The van der Waals surface area contributed by atoms with Gasteiger partial charge in [-0.2, -0.15) is 0 Å². The van der Waals surface area contributed by atoms with E-state index < -0.39 is 0 Å². The second kappa shape index (κ2) is 9.73. The summed E-state index contributed by atoms with van der Waals surface area (Å²) in [4.78, 5) is 15.3. The number of carbonyl (C=O) groups excluding carboxylic acids is 1. The molecule has 172 valence electrons. The summed E-state index contributed by atoms with van der Waals surface area (Å²) >= 11 is 0. The summed E-state index contributed by atoms with van der Waals surface area (Å²) < 4.78 is 22.4. The third kappa shape index (κ3) is 4.67. The van der Waals surface area contributed by atoms with Gasteiger partial charge in [-0.25, -0.2) is 0 Å². The van der Waals surface area contributed by atoms with Crippen molar-refractivity contribution < 1.29 is 23.7 Å². The zero-order valence-corrected chi connectivity index (χ0v) is 19.0. The highest BCUT2D eigenvalue weighted by atomic mass is 16.5. The van der Waals surface area contributed by atoms with Gasteiger partial charge in [0.25, 0.3) is 5.91 Å². The summed E-state index contributed by atoms with van der Waals surface area (Å²) in [7, 11) is 4.84. The number of anilines is 1. The van der Waals surface area contributed by atoms with Crippen LogP contribution < -0.4 is 24.7 Å². The molecule has 1 unspecified atom stereocenters. The SMILES string of the molecule is COc1ccc(OCC2c3cc(OC)c(OC)cc3CCN2C(=O)c2cccc(N)c2)cc1. The lowest BCUT2D eigenvalue weighted by molar-refractivity contribution is 0.0589. The number of ether oxygens (including phenoxy) is 4. The summed E-state index contributed by atoms with van der Waals surface area (Å²) in [6.07, 6.45) is 0.697. The first-order valence-electron chi connectivity index (χ1n) is 10.7. The largest absolute Gasteiger partial charge is 0.497 e. The van der Waals surface area contributed by atoms with Crippen molar-refractivity contribution in [2.45, 2.75) is 12.5 Å². The fraction of sp³-hybridized carbons (Fsp3) is 0.269. The quantitative estimate of drug-likeness (QED) is 0.548. The zero-order valence-electron chi connectivity index (χ0n) is 19.0. The molecule has 0 saturated heterocycles. The lowest BCUT2D eigenvalue weighted by atomic mass is 9.91. The van der Waals surface area contributed by atoms with E-state index in [4.69, 9.17) is 24.7 Å². The van der Waals surface area contributed by atoms with Crippen LogP contribution in [-0.4, -0.2) is 45.3 Å². The van der Waals surface area contributed by atoms with Crippen LogP contribution in [0.1, 0.15) is 27.5 Å². The molecular formula is C26H28N2O5. The summed E-state index contributed by atoms with van der Waals surface area (Å²) in [6.45, 7) is 0.829. The number of methoxy groups -OCH3 is 3. The number of nitrogens with two attached hydrogens (primary N) is 1. The summed E-state index contributed by atoms with van der Waals surface area (Å²) in [5.74, 6) is 2.64. The van der Waals surface area contributed by atoms with Gasteiger partial charge in [0.1, 0.15) is 18.1 Å². The van der Waals surface area contributed by atoms with E-state index in [9.17, 15) is 4.79 Å². The number of benzene rings is 3. The number of rotatable bonds is 7. The van der Waals surface area contributed by atoms with Crippen molar-refractivity contribution in [1.29, 1.82) is 0 Å². The Morgan fingerprint density at radius 1 is 0.939 bits per heavy atom. The molecule has 3 aromatic rings. The van der Waals surface area contributed by atoms with Gasteiger partial charge in [0, 0.05) is 17.8 Å². The Bertz CT molecular complexity index is 1130. The molecule has 0 aromatic heterocycles. The number of hydrogen-bond donors (Lipinski definition) is 1. The number of fused-ring (bicyclic) bond motifs is 1. The molecule has 7 nitrogen and oxygen atoms in total. The third-order valence-electron chi connectivity index (χ3n) is 5.86. The molecule has 33 heavy (non-hydrogen) atoms. The minimum Gasteiger partial charge on any atom is -0.497 e. The van der Waals surface area contributed by atoms with Gasteiger partial charge in [0.2, 0.25) is 0 Å². The topological polar surface area (TPSA) is 83.2 Å². The van der Waals surface area contributed by atoms with Gasteiger partial charge in [-0.05, 0) is 72.1 Å². The molecule has 1 atom stereocenters. The van der Waals surface area contributed by atoms with Gasteiger partial charge in [-0.15, -0.1) is 0 Å². The Labute approximate surface area is 193 Å². The number of hydrogen-bond acceptors (Lipinski definition) is 6. The predicted octanol–water partition coefficient (Wildman–Crippen LogP) is 4.11. The molecule has 0 bridgehead atoms. The van der Waals surface area contributed by atoms with E-state index in [0.717, 1.165) is 16.9 Å². The number of carbonyl (C=O) groups is 1. The predicted molar refractivity (Wildman–Crippen MR) is 126 cm³/mol. The van der Waals surface area contributed by atoms with Crippen molar-refractivity contribution in [2.24, 2.45) is 0 Å². The molecule has 1 heterocycles. The van der Waals surface area contributed by atoms with Crippen molar-refractivity contribution >= 4 is 11.6 Å². The van der Waals surface area contributed by atoms with Crippen LogP contribution in [0.3, 0.4) is 0 Å². The number of amides is 1. The fourth-order valence-corrected chi connectivity index (χ4v) is 4.14. The molecule has 3 aromatic carbocycles. The van der Waals surface area contributed by atoms with E-state index in [1.807, 2.05) is 41.3 Å². The first-order valence-corrected chi connectivity index (χ1v) is 10.7. The summed E-state index contributed by atoms with van der Waals surface area (Å²) in [5.41, 5.74) is 9.11. The van der Waals surface area contributed by atoms with E-state index in [-0.39, 0.29) is 18.6 Å². The van der Waals surface area contributed by atoms with Crippen molar-refractivity contribution in [2.75, 3.05) is 40.2 Å². The third-order valence-corrected chi connectivity index (χ3v) is 5.86. The standard InChI is InChI=1S/C26H28N2O5/c1-30-20-7-9-21(10-8-20)33-16-23-22-15-25(32-3)24(31-2)14-17(22)11-12-28(23)26(29)18-5-4-6-19(27)13-18/h4-10,13-15,23H,11-12,16,27H2,1-3H3. The van der Waals surface area contributed by atoms with Crippen LogP contribution in [0.2, 0.25) is 0 Å². The first kappa shape index (κ1) is 22.3. The van der Waals surface area contributed by atoms with E-state index in [0.29, 0.717) is 41.5 Å². The molecule has 0 spiro atoms. The van der Waals surface area contributed by atoms with Gasteiger partial charge in [-0.1, -0.05) is 6.07 Å². The lowest BCUT2D eigenvalue weighted by Gasteiger charge is -2.37. The highest BCUT2D eigenvalue weighted by Crippen LogP contribution is 2.39. The van der Waals surface area contributed by atoms with Crippen LogP contribution in [0, 0.1) is 0 Å². The van der Waals surface area contributed by atoms with E-state index >= 15 is 0 Å². The Morgan fingerprint density at radius 3 is 2.30 bits per heavy atom. The van der Waals surface area contributed by atoms with Crippen LogP contribution >= 0.6 is 0 Å². The van der Waals surface area contributed by atoms with E-state index in [1.165, 1.54) is 0 Å². The van der Waals surface area contributed by atoms with Crippen LogP contribution in [0.15, 0.2) is 60.7 Å². The molecular weight excluding hydrogens is 420 g/mol. The van der Waals surface area contributed by atoms with Gasteiger partial charge in [0.05, 0.1) is 27.4 Å². The summed E-state index contributed by atoms with van der Waals surface area (Å²) in [6, 6.07) is 18.0. The normalized spacial score (nSPS) is 14.9. The van der Waals surface area contributed by atoms with Gasteiger partial charge < -0.3 is 29.6 Å². The molecule has 0 fully saturated rings. The van der Waals surface area contributed by atoms with Gasteiger partial charge in [-0.3, -0.25) is 4.79 Å². The highest BCUT2D eigenvalue weighted by Gasteiger charge is 2.33. The molecule has 0 radical (unpaired) electrons. The number of nitrogen functional groups attached to an aromatic ring is 1. The second-order valence-electron chi connectivity index (χ2n) is 7.78. The maximum atomic E-state index is 13.5. The van der Waals surface area contributed by atoms with E-state index in [1.54, 1.807) is 45.6 Å². The molecule has 1 aliphatic heterocycles. The first-order chi connectivity index (χ1) is 16.0. The maximum Gasteiger partial charge on any atom is 0.254 e. The van der Waals surface area contributed by atoms with Crippen molar-refractivity contribution in [3.8, 4) is 23.0 Å². The maximum absolute atomic E-state index is 13.5. The molecule has 0 saturated carbocycles.